The zero-order valence-corrected chi connectivity index (χ0v) is 21.7. The molecule has 5 atom stereocenters. The van der Waals surface area contributed by atoms with Crippen LogP contribution in [0, 0.1) is 5.92 Å². The van der Waals surface area contributed by atoms with Crippen molar-refractivity contribution < 1.29 is 64.1 Å². The van der Waals surface area contributed by atoms with E-state index in [1.807, 2.05) is 6.92 Å². The minimum Gasteiger partial charge on any atom is -0.861 e. The van der Waals surface area contributed by atoms with Crippen molar-refractivity contribution in [2.75, 3.05) is 5.75 Å². The molecule has 2 N–H and O–H groups in total. The molecule has 32 heavy (non-hydrogen) atoms. The van der Waals surface area contributed by atoms with E-state index in [1.165, 1.54) is 21.6 Å². The number of hydrogen-bond donors (Lipinski definition) is 2. The van der Waals surface area contributed by atoms with Crippen LogP contribution < -0.4 is 34.7 Å². The number of thioether (sulfide) groups is 2. The Bertz CT molecular complexity index is 953. The van der Waals surface area contributed by atoms with E-state index in [-0.39, 0.29) is 58.9 Å². The first-order chi connectivity index (χ1) is 14.5. The third-order valence-electron chi connectivity index (χ3n) is 6.19. The molecule has 13 heteroatoms. The van der Waals surface area contributed by atoms with Crippen LogP contribution in [-0.2, 0) is 19.2 Å². The van der Waals surface area contributed by atoms with E-state index in [1.54, 1.807) is 13.8 Å². The van der Waals surface area contributed by atoms with Gasteiger partial charge in [0, 0.05) is 21.8 Å². The summed E-state index contributed by atoms with van der Waals surface area (Å²) in [5.41, 5.74) is -0.0687. The number of nitrogens with zero attached hydrogens (tertiary/aromatic N) is 3. The van der Waals surface area contributed by atoms with Crippen molar-refractivity contribution in [3.8, 4) is 0 Å². The topological polar surface area (TPSA) is 151 Å². The Kier molecular flexibility index (Phi) is 7.04. The number of hydrogen-bond acceptors (Lipinski definition) is 8. The molecule has 0 aromatic carbocycles. The maximum Gasteiger partial charge on any atom is 1.00 e. The standard InChI is InChI=1S/C19H23N3O7S2.Na/c1-4-7-8-5-9(12(17(26)27)21(8)14(7)24)30-6-10(23)20-11-15(25)22-13(18(28)29)19(2,3)31-16(11)22;/h7-8,11,13,16H,4-6H2,1-3H3,(H,20,23)(H,26,27)(H,28,29);/q;+1/p-1/t7-,8-,11-,13+,16-;/m1./s1. The van der Waals surface area contributed by atoms with Crippen molar-refractivity contribution in [1.82, 2.24) is 9.80 Å². The average molecular weight is 492 g/mol. The van der Waals surface area contributed by atoms with E-state index in [9.17, 15) is 34.5 Å². The fourth-order valence-electron chi connectivity index (χ4n) is 4.78. The Labute approximate surface area is 215 Å². The minimum absolute atomic E-state index is 0. The van der Waals surface area contributed by atoms with Crippen LogP contribution in [0.1, 0.15) is 33.6 Å². The van der Waals surface area contributed by atoms with Gasteiger partial charge in [0.15, 0.2) is 6.04 Å². The van der Waals surface area contributed by atoms with Crippen molar-refractivity contribution >= 4 is 53.2 Å². The molecule has 2 amide bonds. The van der Waals surface area contributed by atoms with E-state index in [0.29, 0.717) is 17.7 Å². The summed E-state index contributed by atoms with van der Waals surface area (Å²) in [5.74, 6) is -3.89. The summed E-state index contributed by atoms with van der Waals surface area (Å²) in [6.07, 6.45) is 1.03. The molecular formula is C19H22N3NaO7S2. The van der Waals surface area contributed by atoms with E-state index in [4.69, 9.17) is 0 Å². The fourth-order valence-corrected chi connectivity index (χ4v) is 7.38. The molecule has 0 radical (unpaired) electrons. The van der Waals surface area contributed by atoms with Gasteiger partial charge in [-0.05, 0) is 26.2 Å². The van der Waals surface area contributed by atoms with Gasteiger partial charge in [0.25, 0.3) is 5.91 Å². The van der Waals surface area contributed by atoms with Gasteiger partial charge in [0.1, 0.15) is 17.1 Å². The van der Waals surface area contributed by atoms with Gasteiger partial charge >= 0.3 is 41.5 Å². The SMILES string of the molecule is CC[C@H]1C(=O)N2C(C(=O)O)=C(SCC([O-])=N[C@@H]3C(=O)N4[C@@H]3SC(C)(C)[C@@H]4C(=O)O)C[C@H]12.[Na+]. The molecule has 4 aliphatic rings. The van der Waals surface area contributed by atoms with Crippen LogP contribution in [0.3, 0.4) is 0 Å². The molecule has 4 aliphatic heterocycles. The van der Waals surface area contributed by atoms with Crippen LogP contribution in [0.4, 0.5) is 0 Å². The summed E-state index contributed by atoms with van der Waals surface area (Å²) < 4.78 is -0.699. The summed E-state index contributed by atoms with van der Waals surface area (Å²) in [6, 6.07) is -2.07. The number of aliphatic imine (C=N–C) groups is 1. The zero-order chi connectivity index (χ0) is 22.8. The monoisotopic (exact) mass is 491 g/mol. The number of carboxylic acids is 2. The molecule has 4 rings (SSSR count). The number of carboxylic acid groups (broad SMARTS) is 2. The van der Waals surface area contributed by atoms with Crippen molar-refractivity contribution in [3.63, 3.8) is 0 Å². The molecule has 0 spiro atoms. The molecule has 4 heterocycles. The minimum atomic E-state index is -1.20. The second kappa shape index (κ2) is 8.86. The Morgan fingerprint density at radius 3 is 2.50 bits per heavy atom. The van der Waals surface area contributed by atoms with Crippen LogP contribution in [0.15, 0.2) is 15.6 Å². The van der Waals surface area contributed by atoms with Crippen LogP contribution in [0.25, 0.3) is 0 Å². The van der Waals surface area contributed by atoms with Gasteiger partial charge in [-0.25, -0.2) is 9.59 Å². The van der Waals surface area contributed by atoms with E-state index in [0.717, 1.165) is 11.8 Å². The molecule has 0 bridgehead atoms. The summed E-state index contributed by atoms with van der Waals surface area (Å²) in [7, 11) is 0. The number of carbonyl (C=O) groups is 4. The molecule has 0 aromatic heterocycles. The predicted molar refractivity (Wildman–Crippen MR) is 111 cm³/mol. The summed E-state index contributed by atoms with van der Waals surface area (Å²) >= 11 is 2.34. The van der Waals surface area contributed by atoms with E-state index in [2.05, 4.69) is 4.99 Å². The summed E-state index contributed by atoms with van der Waals surface area (Å²) in [4.78, 5) is 54.9. The Hall–Kier alpha value is -1.21. The molecule has 3 saturated heterocycles. The number of rotatable bonds is 7. The molecule has 3 fully saturated rings. The van der Waals surface area contributed by atoms with Gasteiger partial charge < -0.3 is 25.1 Å². The number of fused-ring (bicyclic) bond motifs is 2. The summed E-state index contributed by atoms with van der Waals surface area (Å²) in [5, 5.41) is 30.9. The second-order valence-electron chi connectivity index (χ2n) is 8.43. The second-order valence-corrected chi connectivity index (χ2v) is 11.3. The Morgan fingerprint density at radius 1 is 1.28 bits per heavy atom. The van der Waals surface area contributed by atoms with Gasteiger partial charge in [-0.3, -0.25) is 14.6 Å². The van der Waals surface area contributed by atoms with Crippen molar-refractivity contribution in [2.24, 2.45) is 10.9 Å². The van der Waals surface area contributed by atoms with Crippen LogP contribution in [0.2, 0.25) is 0 Å². The molecule has 0 saturated carbocycles. The van der Waals surface area contributed by atoms with E-state index >= 15 is 0 Å². The van der Waals surface area contributed by atoms with Gasteiger partial charge in [0.05, 0.1) is 12.0 Å². The molecule has 0 unspecified atom stereocenters. The predicted octanol–water partition coefficient (Wildman–Crippen LogP) is -3.07. The third-order valence-corrected chi connectivity index (χ3v) is 8.85. The van der Waals surface area contributed by atoms with Gasteiger partial charge in [0.2, 0.25) is 5.91 Å². The number of aliphatic carboxylic acids is 2. The molecule has 168 valence electrons. The fraction of sp³-hybridized carbons (Fsp3) is 0.632. The molecule has 0 aliphatic carbocycles. The van der Waals surface area contributed by atoms with Crippen molar-refractivity contribution in [2.45, 2.75) is 61.9 Å². The van der Waals surface area contributed by atoms with Crippen LogP contribution in [0.5, 0.6) is 0 Å². The zero-order valence-electron chi connectivity index (χ0n) is 18.1. The van der Waals surface area contributed by atoms with E-state index < -0.39 is 45.9 Å². The first-order valence-electron chi connectivity index (χ1n) is 9.88. The first-order valence-corrected chi connectivity index (χ1v) is 11.7. The normalized spacial score (nSPS) is 32.7. The largest absolute Gasteiger partial charge is 1.00 e. The molecule has 0 aromatic rings. The quantitative estimate of drug-likeness (QED) is 0.164. The van der Waals surface area contributed by atoms with Gasteiger partial charge in [-0.2, -0.15) is 0 Å². The maximum atomic E-state index is 12.4. The van der Waals surface area contributed by atoms with Gasteiger partial charge in [-0.15, -0.1) is 23.5 Å². The Morgan fingerprint density at radius 2 is 1.94 bits per heavy atom. The molecule has 10 nitrogen and oxygen atoms in total. The smallest absolute Gasteiger partial charge is 0.861 e. The molecular weight excluding hydrogens is 469 g/mol. The maximum absolute atomic E-state index is 12.4. The average Bonchev–Trinajstić information content (AvgIpc) is 3.15. The first kappa shape index (κ1) is 25.4. The summed E-state index contributed by atoms with van der Waals surface area (Å²) in [6.45, 7) is 5.36. The number of amides is 2. The van der Waals surface area contributed by atoms with Gasteiger partial charge in [-0.1, -0.05) is 6.92 Å². The van der Waals surface area contributed by atoms with Crippen molar-refractivity contribution in [3.05, 3.63) is 10.6 Å². The Balaban J connectivity index is 0.00000289. The van der Waals surface area contributed by atoms with Crippen molar-refractivity contribution in [1.29, 1.82) is 0 Å². The number of carbonyl (C=O) groups excluding carboxylic acids is 2. The van der Waals surface area contributed by atoms with Crippen LogP contribution >= 0.6 is 23.5 Å². The number of β-lactam (4-membered cyclic amide) rings is 2. The third kappa shape index (κ3) is 3.77. The van der Waals surface area contributed by atoms with Crippen LogP contribution in [-0.4, -0.2) is 83.7 Å².